The summed E-state index contributed by atoms with van der Waals surface area (Å²) < 4.78 is 4.81. The van der Waals surface area contributed by atoms with Crippen LogP contribution >= 0.6 is 0 Å². The molecule has 1 fully saturated rings. The van der Waals surface area contributed by atoms with Crippen molar-refractivity contribution in [2.75, 3.05) is 6.54 Å². The van der Waals surface area contributed by atoms with Crippen LogP contribution in [-0.2, 0) is 9.53 Å². The van der Waals surface area contributed by atoms with Gasteiger partial charge in [0.1, 0.15) is 12.2 Å². The molecule has 0 amide bonds. The van der Waals surface area contributed by atoms with Crippen LogP contribution in [0.2, 0.25) is 0 Å². The van der Waals surface area contributed by atoms with Gasteiger partial charge in [0.25, 0.3) is 5.79 Å². The average molecular weight is 266 g/mol. The quantitative estimate of drug-likeness (QED) is 0.266. The van der Waals surface area contributed by atoms with Crippen molar-refractivity contribution < 1.29 is 35.1 Å². The molecule has 1 heterocycles. The summed E-state index contributed by atoms with van der Waals surface area (Å²) in [6, 6.07) is -1.15. The number of hydrogen-bond acceptors (Lipinski definition) is 8. The van der Waals surface area contributed by atoms with Crippen molar-refractivity contribution in [1.29, 1.82) is 0 Å². The average Bonchev–Trinajstić information content (AvgIpc) is 2.31. The molecule has 0 aliphatic carbocycles. The topological polar surface area (TPSA) is 179 Å². The summed E-state index contributed by atoms with van der Waals surface area (Å²) in [6.07, 6.45) is -6.51. The molecule has 9 nitrogen and oxygen atoms in total. The van der Waals surface area contributed by atoms with Crippen molar-refractivity contribution in [2.24, 2.45) is 11.5 Å². The second kappa shape index (κ2) is 5.45. The SMILES string of the molecule is NC[C@@H](O)[C@H](O)C1OC(O)(C(=O)O)CC(O)C1N. The Labute approximate surface area is 103 Å². The molecule has 106 valence electrons. The highest BCUT2D eigenvalue weighted by Gasteiger charge is 2.52. The lowest BCUT2D eigenvalue weighted by atomic mass is 9.89. The van der Waals surface area contributed by atoms with E-state index in [-0.39, 0.29) is 6.54 Å². The lowest BCUT2D eigenvalue weighted by Crippen LogP contribution is -2.65. The number of carboxylic acids is 1. The summed E-state index contributed by atoms with van der Waals surface area (Å²) in [6.45, 7) is -0.310. The van der Waals surface area contributed by atoms with E-state index in [1.165, 1.54) is 0 Å². The lowest BCUT2D eigenvalue weighted by Gasteiger charge is -2.43. The number of nitrogens with two attached hydrogens (primary N) is 2. The van der Waals surface area contributed by atoms with Crippen molar-refractivity contribution in [2.45, 2.75) is 42.7 Å². The first-order valence-electron chi connectivity index (χ1n) is 5.36. The molecule has 0 aromatic heterocycles. The summed E-state index contributed by atoms with van der Waals surface area (Å²) in [4.78, 5) is 10.8. The Morgan fingerprint density at radius 2 is 2.06 bits per heavy atom. The molecule has 0 saturated carbocycles. The molecule has 6 atom stereocenters. The zero-order valence-corrected chi connectivity index (χ0v) is 9.51. The molecular formula is C9H18N2O7. The molecular weight excluding hydrogens is 248 g/mol. The van der Waals surface area contributed by atoms with Crippen LogP contribution in [0.3, 0.4) is 0 Å². The fourth-order valence-corrected chi connectivity index (χ4v) is 1.78. The highest BCUT2D eigenvalue weighted by Crippen LogP contribution is 2.29. The third-order valence-electron chi connectivity index (χ3n) is 2.95. The molecule has 1 aliphatic heterocycles. The van der Waals surface area contributed by atoms with E-state index in [0.717, 1.165) is 0 Å². The smallest absolute Gasteiger partial charge is 0.364 e. The first-order valence-corrected chi connectivity index (χ1v) is 5.36. The van der Waals surface area contributed by atoms with Crippen LogP contribution in [0.4, 0.5) is 0 Å². The van der Waals surface area contributed by atoms with Crippen molar-refractivity contribution in [3.63, 3.8) is 0 Å². The van der Waals surface area contributed by atoms with Crippen LogP contribution in [0.1, 0.15) is 6.42 Å². The summed E-state index contributed by atoms with van der Waals surface area (Å²) in [5.41, 5.74) is 10.7. The second-order valence-electron chi connectivity index (χ2n) is 4.31. The van der Waals surface area contributed by atoms with Gasteiger partial charge in [0, 0.05) is 13.0 Å². The van der Waals surface area contributed by atoms with Crippen LogP contribution in [0.15, 0.2) is 0 Å². The van der Waals surface area contributed by atoms with Crippen LogP contribution in [-0.4, -0.2) is 74.3 Å². The van der Waals surface area contributed by atoms with E-state index in [4.69, 9.17) is 21.3 Å². The molecule has 1 rings (SSSR count). The third-order valence-corrected chi connectivity index (χ3v) is 2.95. The molecule has 18 heavy (non-hydrogen) atoms. The van der Waals surface area contributed by atoms with Gasteiger partial charge in [0.05, 0.1) is 18.2 Å². The number of rotatable bonds is 4. The van der Waals surface area contributed by atoms with E-state index < -0.39 is 48.6 Å². The third kappa shape index (κ3) is 2.78. The van der Waals surface area contributed by atoms with E-state index in [2.05, 4.69) is 0 Å². The van der Waals surface area contributed by atoms with Crippen LogP contribution in [0.25, 0.3) is 0 Å². The Bertz CT molecular complexity index is 315. The maximum absolute atomic E-state index is 10.8. The molecule has 0 aromatic rings. The van der Waals surface area contributed by atoms with E-state index in [1.54, 1.807) is 0 Å². The molecule has 0 bridgehead atoms. The molecule has 0 spiro atoms. The molecule has 4 unspecified atom stereocenters. The lowest BCUT2D eigenvalue weighted by molar-refractivity contribution is -0.291. The predicted molar refractivity (Wildman–Crippen MR) is 57.1 cm³/mol. The minimum Gasteiger partial charge on any atom is -0.477 e. The van der Waals surface area contributed by atoms with E-state index in [1.807, 2.05) is 0 Å². The number of aliphatic carboxylic acids is 1. The number of carbonyl (C=O) groups is 1. The van der Waals surface area contributed by atoms with Gasteiger partial charge in [0.15, 0.2) is 0 Å². The molecule has 0 radical (unpaired) electrons. The molecule has 9 N–H and O–H groups in total. The minimum absolute atomic E-state index is 0.310. The van der Waals surface area contributed by atoms with Crippen molar-refractivity contribution in [3.8, 4) is 0 Å². The van der Waals surface area contributed by atoms with Crippen LogP contribution in [0, 0.1) is 0 Å². The van der Waals surface area contributed by atoms with Crippen LogP contribution in [0.5, 0.6) is 0 Å². The Balaban J connectivity index is 2.92. The maximum atomic E-state index is 10.8. The molecule has 9 heteroatoms. The fourth-order valence-electron chi connectivity index (χ4n) is 1.78. The van der Waals surface area contributed by atoms with E-state index in [0.29, 0.717) is 0 Å². The Morgan fingerprint density at radius 1 is 1.50 bits per heavy atom. The van der Waals surface area contributed by atoms with Gasteiger partial charge in [-0.05, 0) is 0 Å². The first kappa shape index (κ1) is 15.2. The van der Waals surface area contributed by atoms with Crippen LogP contribution < -0.4 is 11.5 Å². The van der Waals surface area contributed by atoms with Gasteiger partial charge in [-0.1, -0.05) is 0 Å². The number of aliphatic hydroxyl groups is 4. The standard InChI is InChI=1S/C9H18N2O7/c10-2-4(13)6(14)7-5(11)3(12)1-9(17,18-7)8(15)16/h3-7,12-14,17H,1-2,10-11H2,(H,15,16)/t3?,4-,5?,6+,7?,9?/m1/s1. The highest BCUT2D eigenvalue weighted by molar-refractivity contribution is 5.75. The zero-order chi connectivity index (χ0) is 14.1. The maximum Gasteiger partial charge on any atom is 0.364 e. The normalized spacial score (nSPS) is 40.2. The summed E-state index contributed by atoms with van der Waals surface area (Å²) in [5.74, 6) is -4.37. The van der Waals surface area contributed by atoms with E-state index in [9.17, 15) is 25.2 Å². The van der Waals surface area contributed by atoms with E-state index >= 15 is 0 Å². The summed E-state index contributed by atoms with van der Waals surface area (Å²) in [7, 11) is 0. The number of hydrogen-bond donors (Lipinski definition) is 7. The monoisotopic (exact) mass is 266 g/mol. The number of aliphatic hydroxyl groups excluding tert-OH is 3. The minimum atomic E-state index is -2.66. The van der Waals surface area contributed by atoms with Gasteiger partial charge in [-0.15, -0.1) is 0 Å². The first-order chi connectivity index (χ1) is 8.23. The Hall–Kier alpha value is -0.810. The van der Waals surface area contributed by atoms with Gasteiger partial charge in [0.2, 0.25) is 0 Å². The van der Waals surface area contributed by atoms with Crippen molar-refractivity contribution in [1.82, 2.24) is 0 Å². The molecule has 1 saturated heterocycles. The summed E-state index contributed by atoms with van der Waals surface area (Å²) >= 11 is 0. The second-order valence-corrected chi connectivity index (χ2v) is 4.31. The zero-order valence-electron chi connectivity index (χ0n) is 9.51. The fraction of sp³-hybridized carbons (Fsp3) is 0.889. The molecule has 1 aliphatic rings. The van der Waals surface area contributed by atoms with Gasteiger partial charge in [-0.25, -0.2) is 4.79 Å². The van der Waals surface area contributed by atoms with Crippen molar-refractivity contribution >= 4 is 5.97 Å². The van der Waals surface area contributed by atoms with Gasteiger partial charge >= 0.3 is 5.97 Å². The van der Waals surface area contributed by atoms with Gasteiger partial charge in [-0.2, -0.15) is 0 Å². The van der Waals surface area contributed by atoms with Gasteiger partial charge < -0.3 is 41.7 Å². The number of ether oxygens (including phenoxy) is 1. The predicted octanol–water partition coefficient (Wildman–Crippen LogP) is -4.08. The largest absolute Gasteiger partial charge is 0.477 e. The number of carboxylic acid groups (broad SMARTS) is 1. The van der Waals surface area contributed by atoms with Crippen molar-refractivity contribution in [3.05, 3.63) is 0 Å². The van der Waals surface area contributed by atoms with Gasteiger partial charge in [-0.3, -0.25) is 0 Å². The summed E-state index contributed by atoms with van der Waals surface area (Å²) in [5, 5.41) is 47.1. The Kier molecular flexibility index (Phi) is 4.61. The Morgan fingerprint density at radius 3 is 2.50 bits per heavy atom. The molecule has 0 aromatic carbocycles. The highest BCUT2D eigenvalue weighted by atomic mass is 16.7.